The molecule has 1 aliphatic rings. The summed E-state index contributed by atoms with van der Waals surface area (Å²) < 4.78 is 21.9. The number of halogens is 2. The molecule has 8 heteroatoms. The van der Waals surface area contributed by atoms with Crippen LogP contribution in [0.1, 0.15) is 36.8 Å². The molecule has 2 aromatic carbocycles. The Morgan fingerprint density at radius 2 is 1.00 bits per heavy atom. The molecule has 0 heterocycles. The van der Waals surface area contributed by atoms with Crippen LogP contribution in [0.15, 0.2) is 36.4 Å². The van der Waals surface area contributed by atoms with E-state index in [1.165, 1.54) is 25.7 Å². The molecule has 0 aromatic heterocycles. The largest absolute Gasteiger partial charge is 0.493 e. The normalized spacial score (nSPS) is 17.2. The van der Waals surface area contributed by atoms with Crippen molar-refractivity contribution in [3.05, 3.63) is 47.5 Å². The first kappa shape index (κ1) is 30.2. The molecule has 0 radical (unpaired) electrons. The lowest BCUT2D eigenvalue weighted by molar-refractivity contribution is 0.260. The molecule has 2 N–H and O–H groups in total. The lowest BCUT2D eigenvalue weighted by Crippen LogP contribution is -2.30. The number of para-hydroxylation sites is 2. The van der Waals surface area contributed by atoms with E-state index in [-0.39, 0.29) is 24.8 Å². The van der Waals surface area contributed by atoms with Gasteiger partial charge in [-0.1, -0.05) is 24.3 Å². The van der Waals surface area contributed by atoms with Crippen molar-refractivity contribution in [2.75, 3.05) is 41.5 Å². The lowest BCUT2D eigenvalue weighted by Gasteiger charge is -2.29. The Hall–Kier alpha value is -1.86. The third-order valence-electron chi connectivity index (χ3n) is 6.43. The lowest BCUT2D eigenvalue weighted by atomic mass is 9.82. The van der Waals surface area contributed by atoms with Crippen molar-refractivity contribution in [1.82, 2.24) is 10.6 Å². The van der Waals surface area contributed by atoms with Crippen LogP contribution in [-0.4, -0.2) is 41.5 Å². The number of nitrogens with one attached hydrogen (secondary N) is 2. The fraction of sp³-hybridized carbons (Fsp3) is 0.538. The summed E-state index contributed by atoms with van der Waals surface area (Å²) in [5, 5.41) is 7.25. The summed E-state index contributed by atoms with van der Waals surface area (Å²) in [7, 11) is 6.74. The molecule has 0 amide bonds. The molecule has 6 nitrogen and oxygen atoms in total. The molecule has 0 spiro atoms. The monoisotopic (exact) mass is 514 g/mol. The Balaban J connectivity index is 0.00000289. The third-order valence-corrected chi connectivity index (χ3v) is 6.43. The van der Waals surface area contributed by atoms with Crippen molar-refractivity contribution in [2.24, 2.45) is 11.8 Å². The van der Waals surface area contributed by atoms with Crippen LogP contribution in [0.5, 0.6) is 23.0 Å². The first-order chi connectivity index (χ1) is 15.7. The van der Waals surface area contributed by atoms with E-state index >= 15 is 0 Å². The quantitative estimate of drug-likeness (QED) is 0.403. The maximum Gasteiger partial charge on any atom is 0.165 e. The van der Waals surface area contributed by atoms with E-state index in [4.69, 9.17) is 18.9 Å². The number of hydrogen-bond donors (Lipinski definition) is 2. The van der Waals surface area contributed by atoms with Crippen molar-refractivity contribution < 1.29 is 18.9 Å². The van der Waals surface area contributed by atoms with Gasteiger partial charge in [-0.05, 0) is 62.7 Å². The number of benzene rings is 2. The van der Waals surface area contributed by atoms with Gasteiger partial charge < -0.3 is 29.6 Å². The highest BCUT2D eigenvalue weighted by molar-refractivity contribution is 5.85. The Kier molecular flexibility index (Phi) is 14.1. The highest BCUT2D eigenvalue weighted by Gasteiger charge is 2.21. The van der Waals surface area contributed by atoms with Crippen LogP contribution in [0.4, 0.5) is 0 Å². The molecule has 0 bridgehead atoms. The molecule has 0 atom stereocenters. The van der Waals surface area contributed by atoms with Crippen LogP contribution in [0.25, 0.3) is 0 Å². The van der Waals surface area contributed by atoms with Crippen molar-refractivity contribution in [3.8, 4) is 23.0 Å². The van der Waals surface area contributed by atoms with Crippen LogP contribution >= 0.6 is 24.8 Å². The van der Waals surface area contributed by atoms with E-state index in [1.54, 1.807) is 28.4 Å². The van der Waals surface area contributed by atoms with Crippen LogP contribution in [-0.2, 0) is 13.1 Å². The molecule has 3 rings (SSSR count). The van der Waals surface area contributed by atoms with Gasteiger partial charge in [0.25, 0.3) is 0 Å². The molecule has 34 heavy (non-hydrogen) atoms. The molecule has 1 fully saturated rings. The Morgan fingerprint density at radius 3 is 1.32 bits per heavy atom. The molecule has 1 aliphatic carbocycles. The highest BCUT2D eigenvalue weighted by Crippen LogP contribution is 2.32. The summed E-state index contributed by atoms with van der Waals surface area (Å²) in [6, 6.07) is 12.1. The number of hydrogen-bond acceptors (Lipinski definition) is 6. The van der Waals surface area contributed by atoms with Crippen LogP contribution in [0, 0.1) is 11.8 Å². The molecule has 0 unspecified atom stereocenters. The second-order valence-corrected chi connectivity index (χ2v) is 8.45. The minimum Gasteiger partial charge on any atom is -0.493 e. The van der Waals surface area contributed by atoms with Gasteiger partial charge in [0.15, 0.2) is 23.0 Å². The Bertz CT molecular complexity index is 776. The predicted molar refractivity (Wildman–Crippen MR) is 142 cm³/mol. The first-order valence-electron chi connectivity index (χ1n) is 11.5. The maximum atomic E-state index is 5.53. The highest BCUT2D eigenvalue weighted by atomic mass is 35.5. The fourth-order valence-electron chi connectivity index (χ4n) is 4.65. The van der Waals surface area contributed by atoms with Crippen LogP contribution in [0.3, 0.4) is 0 Å². The minimum atomic E-state index is 0. The van der Waals surface area contributed by atoms with Gasteiger partial charge in [0.05, 0.1) is 28.4 Å². The maximum absolute atomic E-state index is 5.53. The van der Waals surface area contributed by atoms with Gasteiger partial charge in [-0.25, -0.2) is 0 Å². The zero-order valence-corrected chi connectivity index (χ0v) is 22.4. The zero-order valence-electron chi connectivity index (χ0n) is 20.7. The van der Waals surface area contributed by atoms with E-state index in [0.29, 0.717) is 0 Å². The summed E-state index contributed by atoms with van der Waals surface area (Å²) in [5.74, 6) is 4.69. The van der Waals surface area contributed by atoms with Crippen LogP contribution in [0.2, 0.25) is 0 Å². The van der Waals surface area contributed by atoms with Gasteiger partial charge in [-0.15, -0.1) is 24.8 Å². The predicted octanol–water partition coefficient (Wildman–Crippen LogP) is 5.25. The second kappa shape index (κ2) is 15.9. The topological polar surface area (TPSA) is 61.0 Å². The van der Waals surface area contributed by atoms with Crippen molar-refractivity contribution >= 4 is 24.8 Å². The summed E-state index contributed by atoms with van der Waals surface area (Å²) in [4.78, 5) is 0. The molecule has 0 saturated heterocycles. The van der Waals surface area contributed by atoms with E-state index in [0.717, 1.165) is 72.1 Å². The van der Waals surface area contributed by atoms with Gasteiger partial charge in [0, 0.05) is 24.2 Å². The minimum absolute atomic E-state index is 0. The molecular weight excluding hydrogens is 475 g/mol. The van der Waals surface area contributed by atoms with E-state index in [1.807, 2.05) is 24.3 Å². The molecule has 1 saturated carbocycles. The number of rotatable bonds is 12. The fourth-order valence-corrected chi connectivity index (χ4v) is 4.65. The standard InChI is InChI=1S/C26H38N2O4.2ClH/c1-29-23-9-5-7-21(25(23)31-3)17-27-15-19-11-13-20(14-12-19)16-28-18-22-8-6-10-24(30-2)26(22)32-4;;/h5-10,19-20,27-28H,11-18H2,1-4H3;2*1H. The van der Waals surface area contributed by atoms with E-state index in [9.17, 15) is 0 Å². The van der Waals surface area contributed by atoms with Gasteiger partial charge in [-0.2, -0.15) is 0 Å². The van der Waals surface area contributed by atoms with E-state index in [2.05, 4.69) is 22.8 Å². The average molecular weight is 516 g/mol. The van der Waals surface area contributed by atoms with Crippen molar-refractivity contribution in [3.63, 3.8) is 0 Å². The molecular formula is C26H40Cl2N2O4. The average Bonchev–Trinajstić information content (AvgIpc) is 2.84. The smallest absolute Gasteiger partial charge is 0.165 e. The van der Waals surface area contributed by atoms with Gasteiger partial charge >= 0.3 is 0 Å². The van der Waals surface area contributed by atoms with Gasteiger partial charge in [-0.3, -0.25) is 0 Å². The zero-order chi connectivity index (χ0) is 22.8. The summed E-state index contributed by atoms with van der Waals surface area (Å²) in [6.45, 7) is 3.68. The van der Waals surface area contributed by atoms with Gasteiger partial charge in [0.1, 0.15) is 0 Å². The second-order valence-electron chi connectivity index (χ2n) is 8.45. The molecule has 2 aromatic rings. The third kappa shape index (κ3) is 8.12. The first-order valence-corrected chi connectivity index (χ1v) is 11.5. The van der Waals surface area contributed by atoms with Gasteiger partial charge in [0.2, 0.25) is 0 Å². The Morgan fingerprint density at radius 1 is 0.618 bits per heavy atom. The number of ether oxygens (including phenoxy) is 4. The summed E-state index contributed by atoms with van der Waals surface area (Å²) in [6.07, 6.45) is 5.10. The molecule has 0 aliphatic heterocycles. The number of methoxy groups -OCH3 is 4. The van der Waals surface area contributed by atoms with Crippen molar-refractivity contribution in [1.29, 1.82) is 0 Å². The van der Waals surface area contributed by atoms with Crippen molar-refractivity contribution in [2.45, 2.75) is 38.8 Å². The summed E-state index contributed by atoms with van der Waals surface area (Å²) >= 11 is 0. The van der Waals surface area contributed by atoms with Crippen LogP contribution < -0.4 is 29.6 Å². The molecule has 192 valence electrons. The van der Waals surface area contributed by atoms with E-state index < -0.39 is 0 Å². The Labute approximate surface area is 216 Å². The summed E-state index contributed by atoms with van der Waals surface area (Å²) in [5.41, 5.74) is 2.27. The SMILES string of the molecule is COc1cccc(CNCC2CCC(CNCc3cccc(OC)c3OC)CC2)c1OC.Cl.Cl.